The predicted octanol–water partition coefficient (Wildman–Crippen LogP) is 2.62. The summed E-state index contributed by atoms with van der Waals surface area (Å²) in [6, 6.07) is 8.85. The quantitative estimate of drug-likeness (QED) is 0.400. The molecule has 1 N–H and O–H groups in total. The van der Waals surface area contributed by atoms with E-state index in [2.05, 4.69) is 10.5 Å². The Kier molecular flexibility index (Phi) is 6.18. The lowest BCUT2D eigenvalue weighted by Gasteiger charge is -2.04. The smallest absolute Gasteiger partial charge is 0.376 e. The number of benzene rings is 1. The first-order chi connectivity index (χ1) is 11.2. The highest BCUT2D eigenvalue weighted by Crippen LogP contribution is 2.14. The van der Waals surface area contributed by atoms with Crippen molar-refractivity contribution in [3.63, 3.8) is 0 Å². The van der Waals surface area contributed by atoms with Crippen LogP contribution in [0.4, 0.5) is 0 Å². The molecule has 120 valence electrons. The van der Waals surface area contributed by atoms with E-state index in [4.69, 9.17) is 14.8 Å². The first kappa shape index (κ1) is 16.6. The number of nitrogens with zero attached hydrogens (tertiary/aromatic N) is 2. The van der Waals surface area contributed by atoms with Gasteiger partial charge in [0.1, 0.15) is 23.2 Å². The fourth-order valence-corrected chi connectivity index (χ4v) is 2.14. The average Bonchev–Trinajstić information content (AvgIpc) is 2.87. The van der Waals surface area contributed by atoms with E-state index in [1.54, 1.807) is 31.4 Å². The Morgan fingerprint density at radius 3 is 2.78 bits per heavy atom. The zero-order chi connectivity index (χ0) is 16.5. The highest BCUT2D eigenvalue weighted by atomic mass is 16.7. The molecular weight excluding hydrogens is 294 g/mol. The zero-order valence-corrected chi connectivity index (χ0v) is 13.0. The van der Waals surface area contributed by atoms with E-state index in [0.717, 1.165) is 32.2 Å². The highest BCUT2D eigenvalue weighted by Gasteiger charge is 2.12. The summed E-state index contributed by atoms with van der Waals surface area (Å²) < 4.78 is 5.06. The van der Waals surface area contributed by atoms with Gasteiger partial charge in [-0.2, -0.15) is 5.26 Å². The lowest BCUT2D eigenvalue weighted by Crippen LogP contribution is -2.23. The fourth-order valence-electron chi connectivity index (χ4n) is 2.14. The van der Waals surface area contributed by atoms with Gasteiger partial charge in [0, 0.05) is 13.0 Å². The third kappa shape index (κ3) is 5.15. The van der Waals surface area contributed by atoms with Crippen LogP contribution in [0.2, 0.25) is 0 Å². The van der Waals surface area contributed by atoms with Crippen LogP contribution >= 0.6 is 0 Å². The van der Waals surface area contributed by atoms with Gasteiger partial charge in [-0.15, -0.1) is 0 Å². The average molecular weight is 313 g/mol. The van der Waals surface area contributed by atoms with Gasteiger partial charge in [-0.3, -0.25) is 0 Å². The standard InChI is InChI=1S/C17H19N3O3/c1-22-15-8-6-13(7-9-15)11-14(12-18)17(21)23-20-16-5-3-2-4-10-19-16/h6-9,11H,2-5,10H2,1H3,(H,19,20)/b14-11+. The second kappa shape index (κ2) is 8.59. The van der Waals surface area contributed by atoms with Crippen molar-refractivity contribution in [1.82, 2.24) is 5.32 Å². The van der Waals surface area contributed by atoms with Crippen molar-refractivity contribution in [2.45, 2.75) is 25.7 Å². The maximum atomic E-state index is 12.0. The Morgan fingerprint density at radius 1 is 1.30 bits per heavy atom. The van der Waals surface area contributed by atoms with Gasteiger partial charge in [0.2, 0.25) is 0 Å². The SMILES string of the molecule is COc1ccc(/C=C(\C#N)C(=O)O/N=C2\CCCCCN2)cc1. The molecule has 0 atom stereocenters. The van der Waals surface area contributed by atoms with Gasteiger partial charge in [-0.05, 0) is 36.6 Å². The second-order valence-electron chi connectivity index (χ2n) is 5.10. The molecule has 0 amide bonds. The molecule has 1 saturated heterocycles. The Balaban J connectivity index is 2.03. The number of carbonyl (C=O) groups is 1. The minimum Gasteiger partial charge on any atom is -0.497 e. The number of carbonyl (C=O) groups excluding carboxylic acids is 1. The summed E-state index contributed by atoms with van der Waals surface area (Å²) in [4.78, 5) is 16.8. The molecule has 2 rings (SSSR count). The van der Waals surface area contributed by atoms with Crippen LogP contribution in [0.3, 0.4) is 0 Å². The van der Waals surface area contributed by atoms with E-state index in [1.165, 1.54) is 6.08 Å². The first-order valence-electron chi connectivity index (χ1n) is 7.51. The predicted molar refractivity (Wildman–Crippen MR) is 86.6 cm³/mol. The molecular formula is C17H19N3O3. The molecule has 1 aromatic rings. The van der Waals surface area contributed by atoms with Crippen molar-refractivity contribution >= 4 is 17.9 Å². The van der Waals surface area contributed by atoms with Gasteiger partial charge in [-0.1, -0.05) is 23.7 Å². The Hall–Kier alpha value is -2.81. The van der Waals surface area contributed by atoms with Crippen LogP contribution in [0.25, 0.3) is 6.08 Å². The molecule has 1 heterocycles. The monoisotopic (exact) mass is 313 g/mol. The van der Waals surface area contributed by atoms with E-state index in [1.807, 2.05) is 6.07 Å². The van der Waals surface area contributed by atoms with E-state index >= 15 is 0 Å². The van der Waals surface area contributed by atoms with Crippen molar-refractivity contribution in [2.24, 2.45) is 5.16 Å². The topological polar surface area (TPSA) is 83.7 Å². The molecule has 0 saturated carbocycles. The molecule has 6 heteroatoms. The summed E-state index contributed by atoms with van der Waals surface area (Å²) in [7, 11) is 1.57. The van der Waals surface area contributed by atoms with Crippen LogP contribution in [0.15, 0.2) is 35.0 Å². The molecule has 1 aromatic carbocycles. The summed E-state index contributed by atoms with van der Waals surface area (Å²) in [5.41, 5.74) is 0.604. The van der Waals surface area contributed by atoms with Crippen LogP contribution in [0.5, 0.6) is 5.75 Å². The van der Waals surface area contributed by atoms with Gasteiger partial charge in [0.25, 0.3) is 0 Å². The van der Waals surface area contributed by atoms with Crippen molar-refractivity contribution in [2.75, 3.05) is 13.7 Å². The summed E-state index contributed by atoms with van der Waals surface area (Å²) in [6.45, 7) is 0.823. The van der Waals surface area contributed by atoms with Crippen molar-refractivity contribution < 1.29 is 14.4 Å². The molecule has 0 bridgehead atoms. The van der Waals surface area contributed by atoms with Crippen LogP contribution in [0.1, 0.15) is 31.2 Å². The summed E-state index contributed by atoms with van der Waals surface area (Å²) >= 11 is 0. The molecule has 0 radical (unpaired) electrons. The van der Waals surface area contributed by atoms with E-state index in [0.29, 0.717) is 17.1 Å². The third-order valence-corrected chi connectivity index (χ3v) is 3.43. The fraction of sp³-hybridized carbons (Fsp3) is 0.353. The molecule has 1 aliphatic heterocycles. The molecule has 0 spiro atoms. The molecule has 23 heavy (non-hydrogen) atoms. The largest absolute Gasteiger partial charge is 0.497 e. The normalized spacial score (nSPS) is 16.9. The van der Waals surface area contributed by atoms with Crippen LogP contribution in [-0.4, -0.2) is 25.5 Å². The number of methoxy groups -OCH3 is 1. The van der Waals surface area contributed by atoms with Crippen LogP contribution < -0.4 is 10.1 Å². The number of oxime groups is 1. The van der Waals surface area contributed by atoms with Gasteiger partial charge >= 0.3 is 5.97 Å². The molecule has 6 nitrogen and oxygen atoms in total. The van der Waals surface area contributed by atoms with Gasteiger partial charge in [0.15, 0.2) is 0 Å². The molecule has 0 aliphatic carbocycles. The van der Waals surface area contributed by atoms with Crippen LogP contribution in [-0.2, 0) is 9.63 Å². The van der Waals surface area contributed by atoms with Crippen LogP contribution in [0, 0.1) is 11.3 Å². The van der Waals surface area contributed by atoms with Crippen molar-refractivity contribution in [3.05, 3.63) is 35.4 Å². The van der Waals surface area contributed by atoms with Gasteiger partial charge in [0.05, 0.1) is 7.11 Å². The van der Waals surface area contributed by atoms with Crippen molar-refractivity contribution in [1.29, 1.82) is 5.26 Å². The molecule has 1 aliphatic rings. The molecule has 0 unspecified atom stereocenters. The third-order valence-electron chi connectivity index (χ3n) is 3.43. The number of ether oxygens (including phenoxy) is 1. The lowest BCUT2D eigenvalue weighted by molar-refractivity contribution is -0.138. The molecule has 1 fully saturated rings. The summed E-state index contributed by atoms with van der Waals surface area (Å²) in [5.74, 6) is 0.591. The number of hydrogen-bond donors (Lipinski definition) is 1. The Labute approximate surface area is 135 Å². The number of nitriles is 1. The highest BCUT2D eigenvalue weighted by molar-refractivity contribution is 5.98. The van der Waals surface area contributed by atoms with E-state index < -0.39 is 5.97 Å². The minimum absolute atomic E-state index is 0.104. The Bertz CT molecular complexity index is 632. The number of rotatable bonds is 4. The lowest BCUT2D eigenvalue weighted by atomic mass is 10.1. The van der Waals surface area contributed by atoms with E-state index in [-0.39, 0.29) is 5.57 Å². The number of nitrogens with one attached hydrogen (secondary N) is 1. The number of amidine groups is 1. The van der Waals surface area contributed by atoms with Crippen molar-refractivity contribution in [3.8, 4) is 11.8 Å². The second-order valence-corrected chi connectivity index (χ2v) is 5.10. The van der Waals surface area contributed by atoms with E-state index in [9.17, 15) is 4.79 Å². The zero-order valence-electron chi connectivity index (χ0n) is 13.0. The molecule has 0 aromatic heterocycles. The number of hydrogen-bond acceptors (Lipinski definition) is 5. The summed E-state index contributed by atoms with van der Waals surface area (Å²) in [5, 5.41) is 16.1. The Morgan fingerprint density at radius 2 is 2.09 bits per heavy atom. The first-order valence-corrected chi connectivity index (χ1v) is 7.51. The summed E-state index contributed by atoms with van der Waals surface area (Å²) in [6.07, 6.45) is 5.42. The van der Waals surface area contributed by atoms with Gasteiger partial charge in [-0.25, -0.2) is 4.79 Å². The maximum absolute atomic E-state index is 12.0. The maximum Gasteiger partial charge on any atom is 0.376 e. The van der Waals surface area contributed by atoms with Gasteiger partial charge < -0.3 is 14.9 Å². The minimum atomic E-state index is -0.762.